The molecule has 0 heterocycles. The molecule has 8 heteroatoms. The first-order valence-corrected chi connectivity index (χ1v) is 11.1. The number of carbonyl (C=O) groups is 3. The minimum Gasteiger partial charge on any atom is -0.344 e. The summed E-state index contributed by atoms with van der Waals surface area (Å²) in [5.74, 6) is -2.35. The van der Waals surface area contributed by atoms with Crippen molar-refractivity contribution in [3.63, 3.8) is 0 Å². The van der Waals surface area contributed by atoms with E-state index >= 15 is 0 Å². The van der Waals surface area contributed by atoms with Crippen LogP contribution in [-0.4, -0.2) is 24.3 Å². The summed E-state index contributed by atoms with van der Waals surface area (Å²) in [5, 5.41) is 16.3. The maximum atomic E-state index is 13.2. The molecular weight excluding hydrogens is 447 g/mol. The highest BCUT2D eigenvalue weighted by molar-refractivity contribution is 6.35. The lowest BCUT2D eigenvalue weighted by molar-refractivity contribution is -0.139. The van der Waals surface area contributed by atoms with E-state index in [1.807, 2.05) is 24.3 Å². The fourth-order valence-corrected chi connectivity index (χ4v) is 3.87. The molecule has 7 nitrogen and oxygen atoms in total. The Balaban J connectivity index is 1.43. The van der Waals surface area contributed by atoms with Crippen LogP contribution in [0.5, 0.6) is 0 Å². The van der Waals surface area contributed by atoms with Crippen molar-refractivity contribution in [1.29, 1.82) is 5.26 Å². The van der Waals surface area contributed by atoms with Crippen molar-refractivity contribution < 1.29 is 18.8 Å². The second-order valence-electron chi connectivity index (χ2n) is 8.30. The van der Waals surface area contributed by atoms with E-state index in [1.54, 1.807) is 42.5 Å². The number of hydrogen-bond donors (Lipinski definition) is 3. The Morgan fingerprint density at radius 3 is 2.09 bits per heavy atom. The normalized spacial score (nSPS) is 13.3. The van der Waals surface area contributed by atoms with Crippen LogP contribution in [0.3, 0.4) is 0 Å². The SMILES string of the molecule is N#CCNC(=O)C(=O)NCc1ccccc1C(=O)NC1(c2ccc(-c3ccc(F)cc3)cc2)CC1. The summed E-state index contributed by atoms with van der Waals surface area (Å²) in [6, 6.07) is 22.7. The largest absolute Gasteiger partial charge is 0.344 e. The van der Waals surface area contributed by atoms with E-state index in [9.17, 15) is 18.8 Å². The number of hydrogen-bond acceptors (Lipinski definition) is 4. The number of nitrogens with one attached hydrogen (secondary N) is 3. The van der Waals surface area contributed by atoms with Crippen LogP contribution in [0.2, 0.25) is 0 Å². The first kappa shape index (κ1) is 23.6. The molecule has 176 valence electrons. The van der Waals surface area contributed by atoms with Gasteiger partial charge in [0.25, 0.3) is 5.91 Å². The van der Waals surface area contributed by atoms with Crippen molar-refractivity contribution in [2.75, 3.05) is 6.54 Å². The zero-order valence-electron chi connectivity index (χ0n) is 18.8. The molecule has 35 heavy (non-hydrogen) atoms. The summed E-state index contributed by atoms with van der Waals surface area (Å²) in [6.45, 7) is -0.278. The summed E-state index contributed by atoms with van der Waals surface area (Å²) < 4.78 is 13.2. The maximum Gasteiger partial charge on any atom is 0.310 e. The lowest BCUT2D eigenvalue weighted by Gasteiger charge is -2.20. The Morgan fingerprint density at radius 2 is 1.46 bits per heavy atom. The molecule has 0 radical (unpaired) electrons. The standard InChI is InChI=1S/C27H23FN4O3/c28-22-11-7-19(8-12-22)18-5-9-21(10-6-18)27(13-14-27)32-24(33)23-4-2-1-3-20(23)17-31-26(35)25(34)30-16-15-29/h1-12H,13-14,16-17H2,(H,30,34)(H,31,35)(H,32,33). The van der Waals surface area contributed by atoms with Gasteiger partial charge in [-0.2, -0.15) is 5.26 Å². The number of nitrogens with zero attached hydrogens (tertiary/aromatic N) is 1. The molecule has 4 rings (SSSR count). The molecule has 3 aromatic rings. The summed E-state index contributed by atoms with van der Waals surface area (Å²) in [5.41, 5.74) is 3.34. The molecule has 3 aromatic carbocycles. The molecule has 0 atom stereocenters. The molecule has 1 aliphatic rings. The lowest BCUT2D eigenvalue weighted by Crippen LogP contribution is -2.40. The van der Waals surface area contributed by atoms with Gasteiger partial charge in [0.15, 0.2) is 0 Å². The third kappa shape index (κ3) is 5.53. The zero-order valence-corrected chi connectivity index (χ0v) is 18.8. The van der Waals surface area contributed by atoms with E-state index in [1.165, 1.54) is 12.1 Å². The van der Waals surface area contributed by atoms with Gasteiger partial charge >= 0.3 is 11.8 Å². The van der Waals surface area contributed by atoms with Gasteiger partial charge in [-0.05, 0) is 53.3 Å². The van der Waals surface area contributed by atoms with E-state index in [-0.39, 0.29) is 24.8 Å². The fourth-order valence-electron chi connectivity index (χ4n) is 3.87. The van der Waals surface area contributed by atoms with Crippen molar-refractivity contribution in [2.24, 2.45) is 0 Å². The number of nitriles is 1. The van der Waals surface area contributed by atoms with Crippen LogP contribution >= 0.6 is 0 Å². The van der Waals surface area contributed by atoms with Gasteiger partial charge < -0.3 is 16.0 Å². The predicted molar refractivity (Wildman–Crippen MR) is 127 cm³/mol. The molecule has 0 bridgehead atoms. The Bertz CT molecular complexity index is 1290. The van der Waals surface area contributed by atoms with Crippen LogP contribution in [0, 0.1) is 17.1 Å². The van der Waals surface area contributed by atoms with Crippen LogP contribution in [0.4, 0.5) is 4.39 Å². The molecule has 1 aliphatic carbocycles. The Kier molecular flexibility index (Phi) is 6.88. The zero-order chi connectivity index (χ0) is 24.8. The number of benzene rings is 3. The fraction of sp³-hybridized carbons (Fsp3) is 0.185. The van der Waals surface area contributed by atoms with E-state index in [0.717, 1.165) is 29.5 Å². The second-order valence-corrected chi connectivity index (χ2v) is 8.30. The van der Waals surface area contributed by atoms with E-state index in [0.29, 0.717) is 11.1 Å². The Morgan fingerprint density at radius 1 is 0.857 bits per heavy atom. The van der Waals surface area contributed by atoms with Gasteiger partial charge in [0, 0.05) is 12.1 Å². The quantitative estimate of drug-likeness (QED) is 0.364. The minimum absolute atomic E-state index is 0.0121. The van der Waals surface area contributed by atoms with Crippen molar-refractivity contribution in [1.82, 2.24) is 16.0 Å². The highest BCUT2D eigenvalue weighted by Crippen LogP contribution is 2.46. The molecule has 1 saturated carbocycles. The molecule has 0 saturated heterocycles. The summed E-state index contributed by atoms with van der Waals surface area (Å²) in [7, 11) is 0. The van der Waals surface area contributed by atoms with Crippen LogP contribution in [0.25, 0.3) is 11.1 Å². The van der Waals surface area contributed by atoms with Gasteiger partial charge in [0.2, 0.25) is 0 Å². The predicted octanol–water partition coefficient (Wildman–Crippen LogP) is 3.17. The van der Waals surface area contributed by atoms with Gasteiger partial charge in [-0.3, -0.25) is 14.4 Å². The minimum atomic E-state index is -0.908. The van der Waals surface area contributed by atoms with Crippen LogP contribution in [0.1, 0.15) is 34.3 Å². The Labute approximate surface area is 202 Å². The molecule has 3 N–H and O–H groups in total. The van der Waals surface area contributed by atoms with Crippen molar-refractivity contribution >= 4 is 17.7 Å². The average Bonchev–Trinajstić information content (AvgIpc) is 3.67. The molecule has 0 spiro atoms. The van der Waals surface area contributed by atoms with E-state index in [2.05, 4.69) is 16.0 Å². The summed E-state index contributed by atoms with van der Waals surface area (Å²) >= 11 is 0. The molecule has 0 unspecified atom stereocenters. The maximum absolute atomic E-state index is 13.2. The Hall–Kier alpha value is -4.51. The molecule has 1 fully saturated rings. The van der Waals surface area contributed by atoms with Crippen molar-refractivity contribution in [3.8, 4) is 17.2 Å². The molecule has 3 amide bonds. The summed E-state index contributed by atoms with van der Waals surface area (Å²) in [6.07, 6.45) is 1.60. The van der Waals surface area contributed by atoms with Crippen LogP contribution < -0.4 is 16.0 Å². The second kappa shape index (κ2) is 10.2. The number of halogens is 1. The lowest BCUT2D eigenvalue weighted by atomic mass is 9.98. The number of amides is 3. The molecule has 0 aliphatic heterocycles. The highest BCUT2D eigenvalue weighted by atomic mass is 19.1. The molecule has 0 aromatic heterocycles. The third-order valence-electron chi connectivity index (χ3n) is 5.95. The van der Waals surface area contributed by atoms with E-state index < -0.39 is 17.4 Å². The van der Waals surface area contributed by atoms with E-state index in [4.69, 9.17) is 5.26 Å². The first-order chi connectivity index (χ1) is 16.9. The van der Waals surface area contributed by atoms with Crippen molar-refractivity contribution in [2.45, 2.75) is 24.9 Å². The van der Waals surface area contributed by atoms with Gasteiger partial charge in [0.05, 0.1) is 11.6 Å². The number of carbonyl (C=O) groups excluding carboxylic acids is 3. The van der Waals surface area contributed by atoms with Crippen molar-refractivity contribution in [3.05, 3.63) is 95.3 Å². The first-order valence-electron chi connectivity index (χ1n) is 11.1. The highest BCUT2D eigenvalue weighted by Gasteiger charge is 2.45. The monoisotopic (exact) mass is 470 g/mol. The van der Waals surface area contributed by atoms with Crippen LogP contribution in [0.15, 0.2) is 72.8 Å². The molecular formula is C27H23FN4O3. The topological polar surface area (TPSA) is 111 Å². The average molecular weight is 471 g/mol. The van der Waals surface area contributed by atoms with Crippen LogP contribution in [-0.2, 0) is 21.7 Å². The van der Waals surface area contributed by atoms with Gasteiger partial charge in [0.1, 0.15) is 12.4 Å². The summed E-state index contributed by atoms with van der Waals surface area (Å²) in [4.78, 5) is 36.7. The number of rotatable bonds is 7. The van der Waals surface area contributed by atoms with Gasteiger partial charge in [-0.15, -0.1) is 0 Å². The smallest absolute Gasteiger partial charge is 0.310 e. The third-order valence-corrected chi connectivity index (χ3v) is 5.95. The van der Waals surface area contributed by atoms with Gasteiger partial charge in [-0.25, -0.2) is 4.39 Å². The van der Waals surface area contributed by atoms with Gasteiger partial charge in [-0.1, -0.05) is 54.6 Å².